The summed E-state index contributed by atoms with van der Waals surface area (Å²) in [5, 5.41) is 22.2. The number of anilines is 3. The predicted molar refractivity (Wildman–Crippen MR) is 154 cm³/mol. The zero-order chi connectivity index (χ0) is 27.1. The van der Waals surface area contributed by atoms with Gasteiger partial charge in [-0.05, 0) is 63.0 Å². The number of hydrogen-bond donors (Lipinski definition) is 3. The van der Waals surface area contributed by atoms with Gasteiger partial charge in [0.15, 0.2) is 5.82 Å². The molecule has 0 spiro atoms. The number of nitrogen functional groups attached to an aromatic ring is 1. The van der Waals surface area contributed by atoms with E-state index < -0.39 is 0 Å². The first-order valence-electron chi connectivity index (χ1n) is 14.5. The van der Waals surface area contributed by atoms with E-state index >= 15 is 0 Å². The van der Waals surface area contributed by atoms with Gasteiger partial charge in [-0.1, -0.05) is 12.1 Å². The van der Waals surface area contributed by atoms with Crippen LogP contribution in [0.2, 0.25) is 0 Å². The highest BCUT2D eigenvalue weighted by Crippen LogP contribution is 2.40. The lowest BCUT2D eigenvalue weighted by Gasteiger charge is -2.43. The molecule has 40 heavy (non-hydrogen) atoms. The van der Waals surface area contributed by atoms with Crippen LogP contribution < -0.4 is 25.6 Å². The SMILES string of the molecule is Nc1nnc(-c2ccccc2O)cc1N1CC2CCC(C1)N2c1ccnc(OC2CC(OC3CCNCC3)C2)c1. The molecule has 4 aliphatic rings. The van der Waals surface area contributed by atoms with Crippen LogP contribution >= 0.6 is 0 Å². The molecule has 3 aromatic rings. The quantitative estimate of drug-likeness (QED) is 0.409. The summed E-state index contributed by atoms with van der Waals surface area (Å²) in [6, 6.07) is 14.0. The third-order valence-electron chi connectivity index (χ3n) is 8.83. The molecule has 2 bridgehead atoms. The molecule has 2 atom stereocenters. The molecule has 0 amide bonds. The van der Waals surface area contributed by atoms with Gasteiger partial charge in [0.25, 0.3) is 0 Å². The smallest absolute Gasteiger partial charge is 0.215 e. The van der Waals surface area contributed by atoms with E-state index in [1.54, 1.807) is 12.1 Å². The van der Waals surface area contributed by atoms with Crippen LogP contribution in [0.25, 0.3) is 11.3 Å². The maximum atomic E-state index is 10.3. The highest BCUT2D eigenvalue weighted by atomic mass is 16.5. The Hall–Kier alpha value is -3.63. The molecule has 2 unspecified atom stereocenters. The van der Waals surface area contributed by atoms with Gasteiger partial charge in [-0.25, -0.2) is 4.98 Å². The van der Waals surface area contributed by atoms with Gasteiger partial charge in [0.1, 0.15) is 11.9 Å². The summed E-state index contributed by atoms with van der Waals surface area (Å²) in [6.45, 7) is 3.78. The summed E-state index contributed by atoms with van der Waals surface area (Å²) in [5.74, 6) is 1.29. The minimum absolute atomic E-state index is 0.170. The summed E-state index contributed by atoms with van der Waals surface area (Å²) < 4.78 is 12.5. The van der Waals surface area contributed by atoms with Crippen molar-refractivity contribution in [2.75, 3.05) is 41.7 Å². The minimum Gasteiger partial charge on any atom is -0.507 e. The molecular weight excluding hydrogens is 506 g/mol. The van der Waals surface area contributed by atoms with Crippen molar-refractivity contribution in [1.29, 1.82) is 0 Å². The Labute approximate surface area is 234 Å². The van der Waals surface area contributed by atoms with Crippen LogP contribution in [0.5, 0.6) is 11.6 Å². The first kappa shape index (κ1) is 25.3. The molecule has 4 fully saturated rings. The molecular formula is C30H37N7O3. The van der Waals surface area contributed by atoms with Gasteiger partial charge in [0.05, 0.1) is 23.6 Å². The number of phenols is 1. The third-order valence-corrected chi connectivity index (χ3v) is 8.83. The number of rotatable bonds is 7. The molecule has 10 nitrogen and oxygen atoms in total. The standard InChI is InChI=1S/C30H37N7O3/c31-30-27(16-26(34-35-30)25-3-1-2-4-28(25)38)36-17-20-5-6-21(18-36)37(20)19-7-12-33-29(13-19)40-24-14-23(15-24)39-22-8-10-32-11-9-22/h1-4,7,12-13,16,20-24,32,38H,5-6,8-11,14-15,17-18H2,(H2,31,35). The zero-order valence-corrected chi connectivity index (χ0v) is 22.7. The summed E-state index contributed by atoms with van der Waals surface area (Å²) in [5.41, 5.74) is 9.61. The lowest BCUT2D eigenvalue weighted by molar-refractivity contribution is -0.103. The molecule has 1 aliphatic carbocycles. The number of nitrogens with zero attached hydrogens (tertiary/aromatic N) is 5. The Morgan fingerprint density at radius 2 is 1.68 bits per heavy atom. The summed E-state index contributed by atoms with van der Waals surface area (Å²) in [6.07, 6.45) is 9.02. The fourth-order valence-electron chi connectivity index (χ4n) is 6.71. The van der Waals surface area contributed by atoms with Gasteiger partial charge in [-0.3, -0.25) is 0 Å². The highest BCUT2D eigenvalue weighted by molar-refractivity contribution is 5.74. The van der Waals surface area contributed by atoms with E-state index in [0.29, 0.717) is 47.2 Å². The van der Waals surface area contributed by atoms with Crippen LogP contribution in [0.15, 0.2) is 48.7 Å². The van der Waals surface area contributed by atoms with Gasteiger partial charge in [0.2, 0.25) is 5.88 Å². The monoisotopic (exact) mass is 543 g/mol. The maximum absolute atomic E-state index is 10.3. The number of phenolic OH excluding ortho intramolecular Hbond substituents is 1. The molecule has 3 saturated heterocycles. The van der Waals surface area contributed by atoms with E-state index in [9.17, 15) is 5.11 Å². The molecule has 7 rings (SSSR count). The lowest BCUT2D eigenvalue weighted by atomic mass is 9.91. The Kier molecular flexibility index (Phi) is 6.81. The first-order chi connectivity index (χ1) is 19.6. The molecule has 0 radical (unpaired) electrons. The van der Waals surface area contributed by atoms with Gasteiger partial charge in [-0.2, -0.15) is 0 Å². The number of piperazine rings is 1. The number of aromatic hydroxyl groups is 1. The summed E-state index contributed by atoms with van der Waals surface area (Å²) in [4.78, 5) is 9.38. The summed E-state index contributed by atoms with van der Waals surface area (Å²) in [7, 11) is 0. The molecule has 5 heterocycles. The number of aromatic nitrogens is 3. The van der Waals surface area contributed by atoms with Gasteiger partial charge < -0.3 is 35.4 Å². The van der Waals surface area contributed by atoms with Crippen molar-refractivity contribution in [3.63, 3.8) is 0 Å². The van der Waals surface area contributed by atoms with E-state index in [4.69, 9.17) is 15.2 Å². The number of hydrogen-bond acceptors (Lipinski definition) is 10. The lowest BCUT2D eigenvalue weighted by Crippen LogP contribution is -2.54. The van der Waals surface area contributed by atoms with Crippen molar-refractivity contribution < 1.29 is 14.6 Å². The zero-order valence-electron chi connectivity index (χ0n) is 22.7. The minimum atomic E-state index is 0.170. The van der Waals surface area contributed by atoms with Gasteiger partial charge >= 0.3 is 0 Å². The second kappa shape index (κ2) is 10.7. The van der Waals surface area contributed by atoms with E-state index in [1.165, 1.54) is 0 Å². The molecule has 3 aliphatic heterocycles. The van der Waals surface area contributed by atoms with Crippen molar-refractivity contribution in [3.05, 3.63) is 48.7 Å². The van der Waals surface area contributed by atoms with E-state index in [0.717, 1.165) is 76.1 Å². The Morgan fingerprint density at radius 3 is 2.45 bits per heavy atom. The van der Waals surface area contributed by atoms with Crippen LogP contribution in [-0.4, -0.2) is 76.9 Å². The molecule has 210 valence electrons. The Balaban J connectivity index is 1.01. The third kappa shape index (κ3) is 5.01. The number of piperidine rings is 1. The number of nitrogens with one attached hydrogen (secondary N) is 1. The van der Waals surface area contributed by atoms with E-state index in [2.05, 4.69) is 42.4 Å². The largest absolute Gasteiger partial charge is 0.507 e. The summed E-state index contributed by atoms with van der Waals surface area (Å²) >= 11 is 0. The van der Waals surface area contributed by atoms with Crippen molar-refractivity contribution >= 4 is 17.2 Å². The second-order valence-corrected chi connectivity index (χ2v) is 11.5. The average molecular weight is 544 g/mol. The van der Waals surface area contributed by atoms with E-state index in [-0.39, 0.29) is 11.9 Å². The average Bonchev–Trinajstić information content (AvgIpc) is 3.22. The number of ether oxygens (including phenoxy) is 2. The highest BCUT2D eigenvalue weighted by Gasteiger charge is 2.41. The van der Waals surface area contributed by atoms with E-state index in [1.807, 2.05) is 24.4 Å². The van der Waals surface area contributed by atoms with Crippen LogP contribution in [0.3, 0.4) is 0 Å². The van der Waals surface area contributed by atoms with Gasteiger partial charge in [0, 0.05) is 61.5 Å². The first-order valence-corrected chi connectivity index (χ1v) is 14.5. The van der Waals surface area contributed by atoms with Crippen LogP contribution in [0, 0.1) is 0 Å². The van der Waals surface area contributed by atoms with Gasteiger partial charge in [-0.15, -0.1) is 10.2 Å². The number of pyridine rings is 1. The Morgan fingerprint density at radius 1 is 0.900 bits per heavy atom. The molecule has 2 aromatic heterocycles. The molecule has 4 N–H and O–H groups in total. The molecule has 1 saturated carbocycles. The van der Waals surface area contributed by atoms with Crippen LogP contribution in [0.4, 0.5) is 17.2 Å². The number of nitrogens with two attached hydrogens (primary N) is 1. The number of benzene rings is 1. The fraction of sp³-hybridized carbons (Fsp3) is 0.500. The van der Waals surface area contributed by atoms with Crippen molar-refractivity contribution in [3.8, 4) is 22.9 Å². The topological polar surface area (TPSA) is 122 Å². The number of fused-ring (bicyclic) bond motifs is 2. The van der Waals surface area contributed by atoms with Crippen LogP contribution in [0.1, 0.15) is 38.5 Å². The second-order valence-electron chi connectivity index (χ2n) is 11.5. The van der Waals surface area contributed by atoms with Crippen molar-refractivity contribution in [2.24, 2.45) is 0 Å². The Bertz CT molecular complexity index is 1330. The van der Waals surface area contributed by atoms with Crippen molar-refractivity contribution in [2.45, 2.75) is 68.9 Å². The van der Waals surface area contributed by atoms with Crippen molar-refractivity contribution in [1.82, 2.24) is 20.5 Å². The normalized spacial score (nSPS) is 26.5. The maximum Gasteiger partial charge on any atom is 0.215 e. The predicted octanol–water partition coefficient (Wildman–Crippen LogP) is 3.36. The fourth-order valence-corrected chi connectivity index (χ4v) is 6.71. The van der Waals surface area contributed by atoms with Crippen LogP contribution in [-0.2, 0) is 4.74 Å². The number of para-hydroxylation sites is 1. The molecule has 10 heteroatoms. The molecule has 1 aromatic carbocycles.